The molecule has 3 rings (SSSR count). The maximum atomic E-state index is 12.2. The van der Waals surface area contributed by atoms with Crippen LogP contribution in [0, 0.1) is 0 Å². The van der Waals surface area contributed by atoms with Crippen LogP contribution in [0.5, 0.6) is 5.75 Å². The van der Waals surface area contributed by atoms with Gasteiger partial charge < -0.3 is 25.9 Å². The molecule has 1 heterocycles. The predicted octanol–water partition coefficient (Wildman–Crippen LogP) is 0.303. The van der Waals surface area contributed by atoms with Crippen LogP contribution in [0.1, 0.15) is 18.1 Å². The third-order valence-corrected chi connectivity index (χ3v) is 3.45. The van der Waals surface area contributed by atoms with E-state index in [0.29, 0.717) is 16.8 Å². The van der Waals surface area contributed by atoms with E-state index < -0.39 is 5.90 Å². The van der Waals surface area contributed by atoms with Gasteiger partial charge in [-0.15, -0.1) is 0 Å². The molecular weight excluding hydrogens is 413 g/mol. The van der Waals surface area contributed by atoms with E-state index in [4.69, 9.17) is 10.2 Å². The van der Waals surface area contributed by atoms with Crippen LogP contribution >= 0.6 is 0 Å². The summed E-state index contributed by atoms with van der Waals surface area (Å²) < 4.78 is 0. The van der Waals surface area contributed by atoms with Crippen molar-refractivity contribution in [1.82, 2.24) is 4.98 Å². The molecule has 0 saturated carbocycles. The fourth-order valence-electron chi connectivity index (χ4n) is 2.34. The summed E-state index contributed by atoms with van der Waals surface area (Å²) in [6.45, 7) is 1.67. The Bertz CT molecular complexity index is 918. The molecule has 0 amide bonds. The molecule has 0 aliphatic heterocycles. The molecule has 3 aromatic rings. The fourth-order valence-corrected chi connectivity index (χ4v) is 2.34. The first-order chi connectivity index (χ1) is 13.2. The van der Waals surface area contributed by atoms with Crippen LogP contribution in [-0.4, -0.2) is 35.9 Å². The average molecular weight is 433 g/mol. The van der Waals surface area contributed by atoms with Gasteiger partial charge in [-0.3, -0.25) is 4.98 Å². The van der Waals surface area contributed by atoms with Gasteiger partial charge in [-0.1, -0.05) is 48.2 Å². The van der Waals surface area contributed by atoms with Gasteiger partial charge in [0.25, 0.3) is 0 Å². The minimum Gasteiger partial charge on any atom is -2.00 e. The molecule has 0 fully saturated rings. The summed E-state index contributed by atoms with van der Waals surface area (Å²) in [5.41, 5.74) is 1.22. The number of aliphatic hydroxyl groups is 1. The van der Waals surface area contributed by atoms with Gasteiger partial charge in [0.2, 0.25) is 0 Å². The second-order valence-electron chi connectivity index (χ2n) is 4.99. The summed E-state index contributed by atoms with van der Waals surface area (Å²) in [6, 6.07) is 14.1. The molecule has 0 unspecified atom stereocenters. The van der Waals surface area contributed by atoms with E-state index in [1.807, 2.05) is 24.3 Å². The first-order valence-corrected chi connectivity index (χ1v) is 7.91. The fraction of sp³-hybridized carbons (Fsp3) is 0.150. The Morgan fingerprint density at radius 2 is 1.62 bits per heavy atom. The van der Waals surface area contributed by atoms with Gasteiger partial charge >= 0.3 is 0 Å². The zero-order valence-electron chi connectivity index (χ0n) is 16.1. The van der Waals surface area contributed by atoms with Crippen molar-refractivity contribution in [2.24, 2.45) is 10.2 Å². The molecule has 9 heteroatoms. The first-order valence-electron chi connectivity index (χ1n) is 7.91. The van der Waals surface area contributed by atoms with E-state index in [2.05, 4.69) is 15.2 Å². The molecule has 0 spiro atoms. The van der Waals surface area contributed by atoms with Crippen LogP contribution in [0.15, 0.2) is 71.1 Å². The molecule has 0 bridgehead atoms. The number of hydrogen-bond acceptors (Lipinski definition) is 7. The van der Waals surface area contributed by atoms with Gasteiger partial charge in [-0.2, -0.15) is 17.3 Å². The number of aromatic nitrogens is 1. The van der Waals surface area contributed by atoms with Crippen molar-refractivity contribution in [3.05, 3.63) is 72.1 Å². The van der Waals surface area contributed by atoms with Gasteiger partial charge in [0.15, 0.2) is 0 Å². The smallest absolute Gasteiger partial charge is 0.0671 e. The largest absolute Gasteiger partial charge is 2.00 e. The molecule has 0 aliphatic rings. The molecule has 8 nitrogen and oxygen atoms in total. The van der Waals surface area contributed by atoms with Gasteiger partial charge in [-0.05, 0) is 29.3 Å². The van der Waals surface area contributed by atoms with Gasteiger partial charge in [0, 0.05) is 49.5 Å². The molecule has 1 aromatic heterocycles. The maximum absolute atomic E-state index is 12.2. The Hall–Kier alpha value is -2.75. The van der Waals surface area contributed by atoms with Gasteiger partial charge in [-0.25, -0.2) is 0 Å². The van der Waals surface area contributed by atoms with Crippen LogP contribution in [0.2, 0.25) is 0 Å². The molecule has 0 atom stereocenters. The van der Waals surface area contributed by atoms with Crippen LogP contribution < -0.4 is 15.3 Å². The topological polar surface area (TPSA) is 156 Å². The number of aliphatic hydroxyl groups excluding tert-OH is 1. The van der Waals surface area contributed by atoms with E-state index >= 15 is 0 Å². The molecule has 2 aromatic carbocycles. The number of benzene rings is 2. The monoisotopic (exact) mass is 433 g/mol. The Morgan fingerprint density at radius 1 is 0.966 bits per heavy atom. The third-order valence-electron chi connectivity index (χ3n) is 3.45. The second kappa shape index (κ2) is 15.2. The summed E-state index contributed by atoms with van der Waals surface area (Å²) in [6.07, 6.45) is 3.00. The quantitative estimate of drug-likeness (QED) is 0.357. The van der Waals surface area contributed by atoms with Crippen molar-refractivity contribution in [2.75, 3.05) is 14.2 Å². The van der Waals surface area contributed by atoms with Gasteiger partial charge in [0.05, 0.1) is 5.71 Å². The molecule has 0 saturated heterocycles. The minimum absolute atomic E-state index is 0. The molecule has 0 aliphatic carbocycles. The number of rotatable bonds is 3. The average Bonchev–Trinajstić information content (AvgIpc) is 2.75. The van der Waals surface area contributed by atoms with E-state index in [-0.39, 0.29) is 29.8 Å². The summed E-state index contributed by atoms with van der Waals surface area (Å²) in [5.74, 6) is -0.640. The molecule has 29 heavy (non-hydrogen) atoms. The van der Waals surface area contributed by atoms with Crippen molar-refractivity contribution in [2.45, 2.75) is 6.92 Å². The number of fused-ring (bicyclic) bond motifs is 1. The van der Waals surface area contributed by atoms with Gasteiger partial charge in [0.1, 0.15) is 0 Å². The van der Waals surface area contributed by atoms with Crippen molar-refractivity contribution in [3.63, 3.8) is 0 Å². The Morgan fingerprint density at radius 3 is 2.24 bits per heavy atom. The number of pyridine rings is 1. The van der Waals surface area contributed by atoms with Crippen LogP contribution in [0.25, 0.3) is 10.8 Å². The number of hydrogen-bond donors (Lipinski definition) is 1. The van der Waals surface area contributed by atoms with E-state index in [1.165, 1.54) is 12.3 Å². The van der Waals surface area contributed by atoms with E-state index in [1.54, 1.807) is 31.3 Å². The number of nitrogens with zero attached hydrogens (tertiary/aromatic N) is 3. The van der Waals surface area contributed by atoms with E-state index in [9.17, 15) is 10.2 Å². The van der Waals surface area contributed by atoms with Crippen LogP contribution in [0.3, 0.4) is 0 Å². The SMILES string of the molecule is C/C(=N\N=C(/[O-])c1cccnc1)c1c([O-])ccc2ccccc12.CO.C[O-].[O-2].[V]. The van der Waals surface area contributed by atoms with Crippen molar-refractivity contribution >= 4 is 22.4 Å². The minimum atomic E-state index is -0.495. The molecule has 1 N–H and O–H groups in total. The Kier molecular flexibility index (Phi) is 14.9. The van der Waals surface area contributed by atoms with E-state index in [0.717, 1.165) is 25.0 Å². The van der Waals surface area contributed by atoms with Crippen molar-refractivity contribution in [3.8, 4) is 5.75 Å². The Labute approximate surface area is 181 Å². The zero-order valence-corrected chi connectivity index (χ0v) is 17.5. The maximum Gasteiger partial charge on any atom is 0.0671 e. The molecule has 1 radical (unpaired) electrons. The van der Waals surface area contributed by atoms with Crippen LogP contribution in [-0.2, 0) is 24.0 Å². The molecule has 155 valence electrons. The summed E-state index contributed by atoms with van der Waals surface area (Å²) in [4.78, 5) is 3.87. The summed E-state index contributed by atoms with van der Waals surface area (Å²) >= 11 is 0. The first kappa shape index (κ1) is 28.5. The summed E-state index contributed by atoms with van der Waals surface area (Å²) in [7, 11) is 1.75. The predicted molar refractivity (Wildman–Crippen MR) is 101 cm³/mol. The normalized spacial score (nSPS) is 10.4. The zero-order chi connectivity index (χ0) is 20.2. The third kappa shape index (κ3) is 7.65. The van der Waals surface area contributed by atoms with Crippen LogP contribution in [0.4, 0.5) is 0 Å². The summed E-state index contributed by atoms with van der Waals surface area (Å²) in [5, 5.41) is 48.7. The van der Waals surface area contributed by atoms with Crippen molar-refractivity contribution < 1.29 is 44.5 Å². The standard InChI is InChI=1S/C18H15N3O2.CH4O.CH3O.O.V/c1-12(20-21-18(23)14-6-4-10-19-11-14)17-15-7-3-2-5-13(15)8-9-16(17)22;2*1-2;;/h2-11,22H,1H3,(H,21,23);2H,1H3;1H3;;/q;;-1;-2;/p-2/b20-12+;;;;. The second-order valence-corrected chi connectivity index (χ2v) is 4.99. The Balaban J connectivity index is 0. The van der Waals surface area contributed by atoms with Crippen molar-refractivity contribution in [1.29, 1.82) is 0 Å². The molecular formula is C20H20N3O5V-5.